The van der Waals surface area contributed by atoms with Crippen LogP contribution in [-0.4, -0.2) is 61.7 Å². The van der Waals surface area contributed by atoms with Crippen molar-refractivity contribution >= 4 is 23.7 Å². The second kappa shape index (κ2) is 13.3. The normalized spacial score (nSPS) is 14.9. The number of anilines is 1. The van der Waals surface area contributed by atoms with Crippen LogP contribution in [0.15, 0.2) is 73.2 Å². The maximum Gasteiger partial charge on any atom is 0.310 e. The van der Waals surface area contributed by atoms with Crippen LogP contribution in [0.2, 0.25) is 0 Å². The number of rotatable bonds is 10. The van der Waals surface area contributed by atoms with Crippen LogP contribution < -0.4 is 5.32 Å². The van der Waals surface area contributed by atoms with Crippen molar-refractivity contribution in [3.8, 4) is 16.8 Å². The lowest BCUT2D eigenvalue weighted by molar-refractivity contribution is -0.151. The van der Waals surface area contributed by atoms with Crippen molar-refractivity contribution in [3.63, 3.8) is 0 Å². The van der Waals surface area contributed by atoms with E-state index in [0.29, 0.717) is 50.5 Å². The van der Waals surface area contributed by atoms with Crippen LogP contribution in [-0.2, 0) is 27.8 Å². The molecule has 1 fully saturated rings. The van der Waals surface area contributed by atoms with Crippen molar-refractivity contribution in [2.24, 2.45) is 13.0 Å². The van der Waals surface area contributed by atoms with Crippen molar-refractivity contribution in [3.05, 3.63) is 84.4 Å². The van der Waals surface area contributed by atoms with Gasteiger partial charge < -0.3 is 9.64 Å². The molecule has 0 aliphatic carbocycles. The van der Waals surface area contributed by atoms with Crippen LogP contribution >= 0.6 is 0 Å². The number of carbonyl (C=O) groups excluding carboxylic acids is 3. The van der Waals surface area contributed by atoms with Gasteiger partial charge in [-0.05, 0) is 62.4 Å². The molecule has 0 saturated carbocycles. The van der Waals surface area contributed by atoms with Crippen LogP contribution in [0.3, 0.4) is 0 Å². The molecular weight excluding hydrogens is 532 g/mol. The zero-order valence-electron chi connectivity index (χ0n) is 24.0. The number of hydrogen-bond acceptors (Lipinski definition) is 6. The summed E-state index contributed by atoms with van der Waals surface area (Å²) < 4.78 is 8.74. The molecule has 2 aromatic heterocycles. The minimum Gasteiger partial charge on any atom is -0.466 e. The number of nitrogens with one attached hydrogen (secondary N) is 1. The molecule has 0 radical (unpaired) electrons. The molecule has 2 amide bonds. The SMILES string of the molecule is CCOC(=O)C1CCCN(C(=O)CCCc2cn(-c3ccccc3)c(NC(=O)c3cccc(-c4cnn(C)c4)c3)n2)C1. The number of carbonyl (C=O) groups is 3. The van der Waals surface area contributed by atoms with Crippen molar-refractivity contribution < 1.29 is 19.1 Å². The van der Waals surface area contributed by atoms with Gasteiger partial charge in [0.05, 0.1) is 24.4 Å². The van der Waals surface area contributed by atoms with E-state index in [1.165, 1.54) is 0 Å². The van der Waals surface area contributed by atoms with Gasteiger partial charge >= 0.3 is 5.97 Å². The summed E-state index contributed by atoms with van der Waals surface area (Å²) in [7, 11) is 1.85. The fourth-order valence-electron chi connectivity index (χ4n) is 5.24. The van der Waals surface area contributed by atoms with Crippen molar-refractivity contribution in [1.29, 1.82) is 0 Å². The second-order valence-electron chi connectivity index (χ2n) is 10.5. The molecule has 4 aromatic rings. The van der Waals surface area contributed by atoms with Gasteiger partial charge in [0.25, 0.3) is 5.91 Å². The summed E-state index contributed by atoms with van der Waals surface area (Å²) in [6.45, 7) is 3.22. The zero-order chi connectivity index (χ0) is 29.5. The van der Waals surface area contributed by atoms with Gasteiger partial charge in [-0.25, -0.2) is 4.98 Å². The molecule has 1 N–H and O–H groups in total. The maximum atomic E-state index is 13.3. The molecule has 218 valence electrons. The number of likely N-dealkylation sites (tertiary alicyclic amines) is 1. The largest absolute Gasteiger partial charge is 0.466 e. The van der Waals surface area contributed by atoms with E-state index in [2.05, 4.69) is 10.4 Å². The highest BCUT2D eigenvalue weighted by Gasteiger charge is 2.29. The average Bonchev–Trinajstić information content (AvgIpc) is 3.63. The molecule has 1 atom stereocenters. The first-order valence-corrected chi connectivity index (χ1v) is 14.4. The van der Waals surface area contributed by atoms with E-state index in [1.54, 1.807) is 28.8 Å². The minimum absolute atomic E-state index is 0.0357. The number of aryl methyl sites for hydroxylation is 2. The van der Waals surface area contributed by atoms with Crippen LogP contribution in [0.1, 0.15) is 48.7 Å². The van der Waals surface area contributed by atoms with Crippen LogP contribution in [0.4, 0.5) is 5.95 Å². The number of nitrogens with zero attached hydrogens (tertiary/aromatic N) is 5. The topological polar surface area (TPSA) is 111 Å². The van der Waals surface area contributed by atoms with Gasteiger partial charge in [0.2, 0.25) is 11.9 Å². The lowest BCUT2D eigenvalue weighted by Crippen LogP contribution is -2.42. The molecule has 3 heterocycles. The third kappa shape index (κ3) is 6.94. The van der Waals surface area contributed by atoms with Crippen LogP contribution in [0.5, 0.6) is 0 Å². The number of amides is 2. The number of piperidine rings is 1. The monoisotopic (exact) mass is 568 g/mol. The Morgan fingerprint density at radius 2 is 1.88 bits per heavy atom. The van der Waals surface area contributed by atoms with E-state index in [9.17, 15) is 14.4 Å². The standard InChI is InChI=1S/C32H36N6O4/c1-3-42-31(41)25-12-9-17-37(21-25)29(39)16-8-13-27-22-38(28-14-5-4-6-15-28)32(34-27)35-30(40)24-11-7-10-23(18-24)26-19-33-36(2)20-26/h4-7,10-11,14-15,18-20,22,25H,3,8-9,12-13,16-17,21H2,1-2H3,(H,34,35,40). The Balaban J connectivity index is 1.26. The molecule has 0 spiro atoms. The van der Waals surface area contributed by atoms with Gasteiger partial charge in [-0.2, -0.15) is 5.10 Å². The van der Waals surface area contributed by atoms with E-state index in [-0.39, 0.29) is 23.7 Å². The van der Waals surface area contributed by atoms with Gasteiger partial charge in [-0.3, -0.25) is 28.9 Å². The first-order valence-electron chi connectivity index (χ1n) is 14.4. The zero-order valence-corrected chi connectivity index (χ0v) is 24.0. The summed E-state index contributed by atoms with van der Waals surface area (Å²) in [5.41, 5.74) is 3.97. The molecular formula is C32H36N6O4. The van der Waals surface area contributed by atoms with Gasteiger partial charge in [0, 0.05) is 55.8 Å². The highest BCUT2D eigenvalue weighted by atomic mass is 16.5. The van der Waals surface area contributed by atoms with Crippen LogP contribution in [0.25, 0.3) is 16.8 Å². The molecule has 42 heavy (non-hydrogen) atoms. The quantitative estimate of drug-likeness (QED) is 0.279. The van der Waals surface area contributed by atoms with Gasteiger partial charge in [-0.15, -0.1) is 0 Å². The first kappa shape index (κ1) is 28.8. The molecule has 1 aliphatic rings. The summed E-state index contributed by atoms with van der Waals surface area (Å²) in [6, 6.07) is 17.1. The van der Waals surface area contributed by atoms with Gasteiger partial charge in [-0.1, -0.05) is 30.3 Å². The smallest absolute Gasteiger partial charge is 0.310 e. The van der Waals surface area contributed by atoms with E-state index in [0.717, 1.165) is 35.3 Å². The molecule has 0 bridgehead atoms. The van der Waals surface area contributed by atoms with Crippen molar-refractivity contribution in [2.75, 3.05) is 25.0 Å². The molecule has 1 unspecified atom stereocenters. The molecule has 5 rings (SSSR count). The Labute approximate surface area is 245 Å². The second-order valence-corrected chi connectivity index (χ2v) is 10.5. The molecule has 1 saturated heterocycles. The predicted octanol–water partition coefficient (Wildman–Crippen LogP) is 4.65. The van der Waals surface area contributed by atoms with E-state index in [4.69, 9.17) is 9.72 Å². The molecule has 10 nitrogen and oxygen atoms in total. The maximum absolute atomic E-state index is 13.3. The minimum atomic E-state index is -0.272. The third-order valence-corrected chi connectivity index (χ3v) is 7.40. The average molecular weight is 569 g/mol. The fourth-order valence-corrected chi connectivity index (χ4v) is 5.24. The molecule has 1 aliphatic heterocycles. The Kier molecular flexibility index (Phi) is 9.11. The van der Waals surface area contributed by atoms with Crippen molar-refractivity contribution in [2.45, 2.75) is 39.0 Å². The fraction of sp³-hybridized carbons (Fsp3) is 0.344. The van der Waals surface area contributed by atoms with Gasteiger partial charge in [0.1, 0.15) is 0 Å². The summed E-state index contributed by atoms with van der Waals surface area (Å²) in [6.07, 6.45) is 8.65. The summed E-state index contributed by atoms with van der Waals surface area (Å²) in [5, 5.41) is 7.20. The number of aromatic nitrogens is 4. The number of benzene rings is 2. The Morgan fingerprint density at radius 3 is 2.64 bits per heavy atom. The highest BCUT2D eigenvalue weighted by Crippen LogP contribution is 2.23. The lowest BCUT2D eigenvalue weighted by Gasteiger charge is -2.31. The van der Waals surface area contributed by atoms with E-state index >= 15 is 0 Å². The molecule has 2 aromatic carbocycles. The summed E-state index contributed by atoms with van der Waals surface area (Å²) >= 11 is 0. The Hall–Kier alpha value is -4.73. The Bertz CT molecular complexity index is 1540. The Morgan fingerprint density at radius 1 is 1.05 bits per heavy atom. The number of esters is 1. The molecule has 10 heteroatoms. The number of hydrogen-bond donors (Lipinski definition) is 1. The highest BCUT2D eigenvalue weighted by molar-refractivity contribution is 6.04. The number of para-hydroxylation sites is 1. The van der Waals surface area contributed by atoms with Crippen molar-refractivity contribution in [1.82, 2.24) is 24.2 Å². The number of ether oxygens (including phenoxy) is 1. The van der Waals surface area contributed by atoms with E-state index in [1.807, 2.05) is 72.5 Å². The van der Waals surface area contributed by atoms with Crippen LogP contribution in [0, 0.1) is 5.92 Å². The van der Waals surface area contributed by atoms with E-state index < -0.39 is 0 Å². The predicted molar refractivity (Wildman–Crippen MR) is 159 cm³/mol. The number of imidazole rings is 1. The third-order valence-electron chi connectivity index (χ3n) is 7.40. The van der Waals surface area contributed by atoms with Gasteiger partial charge in [0.15, 0.2) is 0 Å². The first-order chi connectivity index (χ1) is 20.4. The summed E-state index contributed by atoms with van der Waals surface area (Å²) in [5.74, 6) is -0.298. The lowest BCUT2D eigenvalue weighted by atomic mass is 9.97. The summed E-state index contributed by atoms with van der Waals surface area (Å²) in [4.78, 5) is 44.9.